The van der Waals surface area contributed by atoms with Crippen molar-refractivity contribution < 1.29 is 9.59 Å². The Morgan fingerprint density at radius 3 is 2.00 bits per heavy atom. The molecule has 0 bridgehead atoms. The number of Topliss-reactive ketones (excluding diaryl/α,β-unsaturated/α-hetero) is 2. The lowest BCUT2D eigenvalue weighted by molar-refractivity contribution is -0.122. The van der Waals surface area contributed by atoms with E-state index in [2.05, 4.69) is 15.6 Å². The molecule has 0 atom stereocenters. The molecule has 0 fully saturated rings. The number of hydrogen-bond donors (Lipinski definition) is 1. The fourth-order valence-electron chi connectivity index (χ4n) is 1.73. The van der Waals surface area contributed by atoms with Crippen molar-refractivity contribution >= 4 is 11.6 Å². The Hall–Kier alpha value is -1.56. The molecule has 0 aliphatic rings. The maximum Gasteiger partial charge on any atom is 0.135 e. The summed E-state index contributed by atoms with van der Waals surface area (Å²) in [4.78, 5) is 22.3. The Morgan fingerprint density at radius 2 is 1.56 bits per heavy atom. The van der Waals surface area contributed by atoms with Gasteiger partial charge in [-0.15, -0.1) is 5.10 Å². The van der Waals surface area contributed by atoms with E-state index in [0.29, 0.717) is 25.0 Å². The molecule has 1 rings (SSSR count). The third-order valence-corrected chi connectivity index (χ3v) is 3.02. The molecule has 0 aliphatic carbocycles. The Bertz CT molecular complexity index is 443. The summed E-state index contributed by atoms with van der Waals surface area (Å²) in [5.41, 5.74) is 0.855. The first-order valence-corrected chi connectivity index (χ1v) is 7.90. The predicted octanol–water partition coefficient (Wildman–Crippen LogP) is 5.21. The first-order valence-electron chi connectivity index (χ1n) is 7.90. The van der Waals surface area contributed by atoms with E-state index < -0.39 is 0 Å². The van der Waals surface area contributed by atoms with Crippen LogP contribution < -0.4 is 5.32 Å². The first-order chi connectivity index (χ1) is 10.4. The van der Waals surface area contributed by atoms with Crippen LogP contribution in [0.3, 0.4) is 0 Å². The molecule has 1 heterocycles. The van der Waals surface area contributed by atoms with Crippen molar-refractivity contribution in [2.45, 2.75) is 96.6 Å². The maximum absolute atomic E-state index is 11.4. The summed E-state index contributed by atoms with van der Waals surface area (Å²) in [7, 11) is 3.75. The van der Waals surface area contributed by atoms with E-state index in [-0.39, 0.29) is 48.8 Å². The molecule has 1 N–H and O–H groups in total. The zero-order valence-electron chi connectivity index (χ0n) is 14.6. The Morgan fingerprint density at radius 1 is 1.04 bits per heavy atom. The molecular weight excluding hydrogens is 340 g/mol. The van der Waals surface area contributed by atoms with Crippen LogP contribution >= 0.6 is 0 Å². The molecule has 0 unspecified atom stereocenters. The quantitative estimate of drug-likeness (QED) is 0.586. The summed E-state index contributed by atoms with van der Waals surface area (Å²) in [6.07, 6.45) is 5.51. The number of nitrogens with one attached hydrogen (secondary N) is 1. The number of nitrogens with zero attached hydrogens (tertiary/aromatic N) is 3. The van der Waals surface area contributed by atoms with E-state index in [9.17, 15) is 9.59 Å². The minimum Gasteiger partial charge on any atom is -0.323 e. The molecule has 1 aromatic rings. The van der Waals surface area contributed by atoms with Crippen LogP contribution in [-0.4, -0.2) is 40.7 Å². The van der Waals surface area contributed by atoms with Gasteiger partial charge in [0.15, 0.2) is 0 Å². The van der Waals surface area contributed by atoms with Crippen molar-refractivity contribution in [1.29, 1.82) is 0 Å². The second kappa shape index (κ2) is 24.4. The maximum atomic E-state index is 11.4. The van der Waals surface area contributed by atoms with Gasteiger partial charge in [0.1, 0.15) is 11.6 Å². The lowest BCUT2D eigenvalue weighted by Crippen LogP contribution is -2.07. The molecule has 0 aliphatic heterocycles. The number of hydrogen-bond acceptors (Lipinski definition) is 5. The predicted molar refractivity (Wildman–Crippen MR) is 121 cm³/mol. The third-order valence-electron chi connectivity index (χ3n) is 3.02. The average molecular weight is 391 g/mol. The summed E-state index contributed by atoms with van der Waals surface area (Å²) in [6.45, 7) is 6.22. The van der Waals surface area contributed by atoms with E-state index >= 15 is 0 Å². The van der Waals surface area contributed by atoms with Gasteiger partial charge in [0.25, 0.3) is 0 Å². The molecule has 1 aromatic heterocycles. The molecule has 0 saturated heterocycles. The first kappa shape index (κ1) is 40.2. The largest absolute Gasteiger partial charge is 0.323 e. The summed E-state index contributed by atoms with van der Waals surface area (Å²) in [5, 5.41) is 10.8. The number of aromatic nitrogens is 3. The zero-order chi connectivity index (χ0) is 17.0. The number of ketones is 2. The lowest BCUT2D eigenvalue weighted by atomic mass is 10.0. The topological polar surface area (TPSA) is 76.9 Å². The van der Waals surface area contributed by atoms with Crippen LogP contribution in [0.15, 0.2) is 6.20 Å². The molecule has 0 radical (unpaired) electrons. The smallest absolute Gasteiger partial charge is 0.135 e. The summed E-state index contributed by atoms with van der Waals surface area (Å²) in [6, 6.07) is 0. The summed E-state index contributed by atoms with van der Waals surface area (Å²) >= 11 is 0. The summed E-state index contributed by atoms with van der Waals surface area (Å²) in [5.74, 6) is 0.618. The minimum atomic E-state index is 0. The van der Waals surface area contributed by atoms with Crippen molar-refractivity contribution in [2.24, 2.45) is 5.92 Å². The second-order valence-corrected chi connectivity index (χ2v) is 5.75. The van der Waals surface area contributed by atoms with Gasteiger partial charge in [0.2, 0.25) is 0 Å². The number of carbonyl (C=O) groups excluding carboxylic acids is 2. The van der Waals surface area contributed by atoms with Gasteiger partial charge in [-0.3, -0.25) is 9.48 Å². The van der Waals surface area contributed by atoms with Gasteiger partial charge in [-0.1, -0.05) is 56.2 Å². The van der Waals surface area contributed by atoms with Gasteiger partial charge in [-0.2, -0.15) is 0 Å². The number of rotatable bonds is 9. The third kappa shape index (κ3) is 22.4. The summed E-state index contributed by atoms with van der Waals surface area (Å²) < 4.78 is 1.79. The van der Waals surface area contributed by atoms with Crippen molar-refractivity contribution in [3.63, 3.8) is 0 Å². The van der Waals surface area contributed by atoms with Gasteiger partial charge in [-0.05, 0) is 40.3 Å². The molecule has 0 amide bonds. The lowest BCUT2D eigenvalue weighted by Gasteiger charge is -2.03. The fourth-order valence-corrected chi connectivity index (χ4v) is 1.73. The molecule has 0 aromatic carbocycles. The number of aryl methyl sites for hydroxylation is 2. The molecular formula is C21H50N4O2. The molecule has 6 nitrogen and oxygen atoms in total. The molecule has 27 heavy (non-hydrogen) atoms. The standard InChI is InChI=1S/C14H23N3O2.C2H7N.5CH4/c1-11(2)14(19)6-4-5-9-17-10-13(15-16-17)8-7-12(3)18;1-3-2;;;;;/h10-11H,4-9H2,1-3H3;3H,1-2H3;5*1H4. The Labute approximate surface area is 170 Å². The fraction of sp³-hybridized carbons (Fsp3) is 0.810. The van der Waals surface area contributed by atoms with Crippen LogP contribution in [0.5, 0.6) is 0 Å². The van der Waals surface area contributed by atoms with E-state index in [1.165, 1.54) is 0 Å². The Balaban J connectivity index is -0.000000129. The van der Waals surface area contributed by atoms with Crippen LogP contribution in [0, 0.1) is 5.92 Å². The van der Waals surface area contributed by atoms with Crippen molar-refractivity contribution in [3.05, 3.63) is 11.9 Å². The second-order valence-electron chi connectivity index (χ2n) is 5.75. The van der Waals surface area contributed by atoms with Crippen molar-refractivity contribution in [1.82, 2.24) is 20.3 Å². The highest BCUT2D eigenvalue weighted by atomic mass is 16.1. The highest BCUT2D eigenvalue weighted by Crippen LogP contribution is 2.06. The normalized spacial score (nSPS) is 8.37. The van der Waals surface area contributed by atoms with E-state index in [1.807, 2.05) is 34.1 Å². The monoisotopic (exact) mass is 390 g/mol. The van der Waals surface area contributed by atoms with E-state index in [0.717, 1.165) is 25.1 Å². The number of carbonyl (C=O) groups is 2. The minimum absolute atomic E-state index is 0. The molecule has 6 heteroatoms. The zero-order valence-corrected chi connectivity index (χ0v) is 14.6. The molecule has 0 saturated carbocycles. The van der Waals surface area contributed by atoms with Gasteiger partial charge in [0.05, 0.1) is 5.69 Å². The molecule has 0 spiro atoms. The average Bonchev–Trinajstić information content (AvgIpc) is 2.89. The van der Waals surface area contributed by atoms with Gasteiger partial charge >= 0.3 is 0 Å². The van der Waals surface area contributed by atoms with Gasteiger partial charge < -0.3 is 10.1 Å². The SMILES string of the molecule is C.C.C.C.C.CC(=O)CCc1cn(CCCCC(=O)C(C)C)nn1.CNC. The van der Waals surface area contributed by atoms with Crippen molar-refractivity contribution in [3.8, 4) is 0 Å². The van der Waals surface area contributed by atoms with Crippen LogP contribution in [0.4, 0.5) is 0 Å². The van der Waals surface area contributed by atoms with Crippen molar-refractivity contribution in [2.75, 3.05) is 14.1 Å². The highest BCUT2D eigenvalue weighted by molar-refractivity contribution is 5.80. The van der Waals surface area contributed by atoms with Crippen LogP contribution in [0.2, 0.25) is 0 Å². The van der Waals surface area contributed by atoms with Crippen LogP contribution in [0.1, 0.15) is 89.3 Å². The van der Waals surface area contributed by atoms with E-state index in [1.54, 1.807) is 11.6 Å². The molecule has 166 valence electrons. The van der Waals surface area contributed by atoms with Gasteiger partial charge in [0, 0.05) is 31.5 Å². The van der Waals surface area contributed by atoms with E-state index in [4.69, 9.17) is 0 Å². The Kier molecular flexibility index (Phi) is 36.4. The highest BCUT2D eigenvalue weighted by Gasteiger charge is 2.07. The van der Waals surface area contributed by atoms with Crippen LogP contribution in [0.25, 0.3) is 0 Å². The number of unbranched alkanes of at least 4 members (excludes halogenated alkanes) is 1. The van der Waals surface area contributed by atoms with Crippen LogP contribution in [-0.2, 0) is 22.6 Å². The van der Waals surface area contributed by atoms with Gasteiger partial charge in [-0.25, -0.2) is 0 Å².